The topological polar surface area (TPSA) is 83.5 Å². The highest BCUT2D eigenvalue weighted by molar-refractivity contribution is 7.91. The second-order valence-electron chi connectivity index (χ2n) is 5.50. The quantitative estimate of drug-likeness (QED) is 0.897. The number of hydrogen-bond donors (Lipinski definition) is 2. The van der Waals surface area contributed by atoms with Crippen molar-refractivity contribution in [3.63, 3.8) is 0 Å². The zero-order valence-electron chi connectivity index (χ0n) is 12.6. The Bertz CT molecular complexity index is 824. The smallest absolute Gasteiger partial charge is 0.255 e. The van der Waals surface area contributed by atoms with E-state index in [4.69, 9.17) is 0 Å². The zero-order chi connectivity index (χ0) is 17.3. The van der Waals surface area contributed by atoms with Gasteiger partial charge < -0.3 is 10.4 Å². The Kier molecular flexibility index (Phi) is 4.53. The van der Waals surface area contributed by atoms with Gasteiger partial charge in [0.25, 0.3) is 5.91 Å². The molecule has 0 atom stereocenters. The van der Waals surface area contributed by atoms with Gasteiger partial charge in [-0.05, 0) is 56.3 Å². The lowest BCUT2D eigenvalue weighted by Gasteiger charge is -2.16. The molecule has 0 aliphatic heterocycles. The van der Waals surface area contributed by atoms with E-state index in [9.17, 15) is 22.7 Å². The van der Waals surface area contributed by atoms with Crippen LogP contribution in [0.3, 0.4) is 0 Å². The van der Waals surface area contributed by atoms with E-state index in [2.05, 4.69) is 5.32 Å². The summed E-state index contributed by atoms with van der Waals surface area (Å²) in [6, 6.07) is 10.1. The van der Waals surface area contributed by atoms with Crippen LogP contribution in [0.25, 0.3) is 0 Å². The van der Waals surface area contributed by atoms with Crippen molar-refractivity contribution in [2.75, 3.05) is 5.32 Å². The van der Waals surface area contributed by atoms with E-state index in [1.165, 1.54) is 50.2 Å². The van der Waals surface area contributed by atoms with Gasteiger partial charge in [0.05, 0.1) is 9.79 Å². The first-order valence-corrected chi connectivity index (χ1v) is 8.23. The maximum Gasteiger partial charge on any atom is 0.255 e. The highest BCUT2D eigenvalue weighted by Crippen LogP contribution is 2.23. The minimum absolute atomic E-state index is 0.0237. The standard InChI is InChI=1S/C16H16FNO4S/c1-16(2,20)15(19)18-12-6-8-13(9-7-12)23(21,22)14-5-3-4-11(17)10-14/h3-10,20H,1-2H3,(H,18,19). The van der Waals surface area contributed by atoms with Gasteiger partial charge in [-0.1, -0.05) is 6.07 Å². The van der Waals surface area contributed by atoms with Gasteiger partial charge in [-0.25, -0.2) is 12.8 Å². The molecule has 0 bridgehead atoms. The lowest BCUT2D eigenvalue weighted by molar-refractivity contribution is -0.130. The van der Waals surface area contributed by atoms with Crippen molar-refractivity contribution in [2.24, 2.45) is 0 Å². The number of carbonyl (C=O) groups is 1. The van der Waals surface area contributed by atoms with E-state index in [-0.39, 0.29) is 9.79 Å². The molecule has 0 saturated carbocycles. The van der Waals surface area contributed by atoms with Gasteiger partial charge in [0.2, 0.25) is 9.84 Å². The first-order chi connectivity index (χ1) is 10.6. The fourth-order valence-electron chi connectivity index (χ4n) is 1.77. The number of hydrogen-bond acceptors (Lipinski definition) is 4. The van der Waals surface area contributed by atoms with Gasteiger partial charge in [0.15, 0.2) is 0 Å². The molecule has 0 aliphatic carbocycles. The summed E-state index contributed by atoms with van der Waals surface area (Å²) >= 11 is 0. The van der Waals surface area contributed by atoms with Crippen molar-refractivity contribution in [3.8, 4) is 0 Å². The number of rotatable bonds is 4. The van der Waals surface area contributed by atoms with E-state index >= 15 is 0 Å². The molecular formula is C16H16FNO4S. The predicted molar refractivity (Wildman–Crippen MR) is 83.2 cm³/mol. The molecule has 2 N–H and O–H groups in total. The number of aliphatic hydroxyl groups is 1. The second kappa shape index (κ2) is 6.10. The molecule has 5 nitrogen and oxygen atoms in total. The summed E-state index contributed by atoms with van der Waals surface area (Å²) in [6.45, 7) is 2.68. The van der Waals surface area contributed by atoms with Crippen LogP contribution in [0.5, 0.6) is 0 Å². The third-order valence-corrected chi connectivity index (χ3v) is 4.85. The highest BCUT2D eigenvalue weighted by Gasteiger charge is 2.24. The lowest BCUT2D eigenvalue weighted by atomic mass is 10.1. The van der Waals surface area contributed by atoms with Crippen molar-refractivity contribution in [1.82, 2.24) is 0 Å². The third kappa shape index (κ3) is 3.94. The average Bonchev–Trinajstić information content (AvgIpc) is 2.47. The Balaban J connectivity index is 2.27. The van der Waals surface area contributed by atoms with Crippen LogP contribution in [-0.4, -0.2) is 25.0 Å². The summed E-state index contributed by atoms with van der Waals surface area (Å²) in [5, 5.41) is 12.0. The van der Waals surface area contributed by atoms with Gasteiger partial charge >= 0.3 is 0 Å². The number of benzene rings is 2. The van der Waals surface area contributed by atoms with Crippen molar-refractivity contribution in [2.45, 2.75) is 29.2 Å². The van der Waals surface area contributed by atoms with E-state index in [1.807, 2.05) is 0 Å². The van der Waals surface area contributed by atoms with E-state index in [0.717, 1.165) is 12.1 Å². The molecule has 0 aromatic heterocycles. The van der Waals surface area contributed by atoms with Crippen molar-refractivity contribution >= 4 is 21.4 Å². The summed E-state index contributed by atoms with van der Waals surface area (Å²) in [5.74, 6) is -1.25. The van der Waals surface area contributed by atoms with Crippen LogP contribution in [0.15, 0.2) is 58.3 Å². The minimum Gasteiger partial charge on any atom is -0.381 e. The van der Waals surface area contributed by atoms with Gasteiger partial charge in [-0.15, -0.1) is 0 Å². The van der Waals surface area contributed by atoms with E-state index in [1.54, 1.807) is 0 Å². The number of nitrogens with one attached hydrogen (secondary N) is 1. The highest BCUT2D eigenvalue weighted by atomic mass is 32.2. The second-order valence-corrected chi connectivity index (χ2v) is 7.45. The van der Waals surface area contributed by atoms with Crippen LogP contribution >= 0.6 is 0 Å². The Hall–Kier alpha value is -2.25. The fourth-order valence-corrected chi connectivity index (χ4v) is 3.06. The first-order valence-electron chi connectivity index (χ1n) is 6.75. The number of sulfone groups is 1. The Morgan fingerprint density at radius 1 is 1.09 bits per heavy atom. The van der Waals surface area contributed by atoms with Crippen LogP contribution in [0.1, 0.15) is 13.8 Å². The monoisotopic (exact) mass is 337 g/mol. The summed E-state index contributed by atoms with van der Waals surface area (Å²) in [5.41, 5.74) is -1.21. The number of halogens is 1. The molecular weight excluding hydrogens is 321 g/mol. The third-order valence-electron chi connectivity index (χ3n) is 3.08. The average molecular weight is 337 g/mol. The SMILES string of the molecule is CC(C)(O)C(=O)Nc1ccc(S(=O)(=O)c2cccc(F)c2)cc1. The Morgan fingerprint density at radius 2 is 1.70 bits per heavy atom. The van der Waals surface area contributed by atoms with Gasteiger partial charge in [-0.3, -0.25) is 4.79 Å². The Morgan fingerprint density at radius 3 is 2.22 bits per heavy atom. The van der Waals surface area contributed by atoms with Crippen molar-refractivity contribution < 1.29 is 22.7 Å². The van der Waals surface area contributed by atoms with Crippen LogP contribution in [0.4, 0.5) is 10.1 Å². The van der Waals surface area contributed by atoms with Crippen LogP contribution in [-0.2, 0) is 14.6 Å². The largest absolute Gasteiger partial charge is 0.381 e. The predicted octanol–water partition coefficient (Wildman–Crippen LogP) is 2.37. The molecule has 122 valence electrons. The minimum atomic E-state index is -3.84. The van der Waals surface area contributed by atoms with Gasteiger partial charge in [0, 0.05) is 5.69 Å². The van der Waals surface area contributed by atoms with Crippen molar-refractivity contribution in [1.29, 1.82) is 0 Å². The number of anilines is 1. The summed E-state index contributed by atoms with van der Waals surface area (Å²) in [7, 11) is -3.84. The molecule has 2 rings (SSSR count). The van der Waals surface area contributed by atoms with E-state index < -0.39 is 27.2 Å². The molecule has 1 amide bonds. The number of amides is 1. The molecule has 0 heterocycles. The van der Waals surface area contributed by atoms with E-state index in [0.29, 0.717) is 5.69 Å². The lowest BCUT2D eigenvalue weighted by Crippen LogP contribution is -2.36. The maximum atomic E-state index is 13.2. The summed E-state index contributed by atoms with van der Waals surface area (Å²) in [6.07, 6.45) is 0. The molecule has 0 fully saturated rings. The first kappa shape index (κ1) is 17.1. The van der Waals surface area contributed by atoms with Crippen LogP contribution in [0, 0.1) is 5.82 Å². The maximum absolute atomic E-state index is 13.2. The van der Waals surface area contributed by atoms with Crippen molar-refractivity contribution in [3.05, 3.63) is 54.3 Å². The molecule has 0 radical (unpaired) electrons. The summed E-state index contributed by atoms with van der Waals surface area (Å²) in [4.78, 5) is 11.5. The van der Waals surface area contributed by atoms with Gasteiger partial charge in [-0.2, -0.15) is 0 Å². The molecule has 2 aromatic carbocycles. The number of carbonyl (C=O) groups excluding carboxylic acids is 1. The fraction of sp³-hybridized carbons (Fsp3) is 0.188. The summed E-state index contributed by atoms with van der Waals surface area (Å²) < 4.78 is 38.0. The molecule has 0 aliphatic rings. The zero-order valence-corrected chi connectivity index (χ0v) is 13.4. The van der Waals surface area contributed by atoms with Gasteiger partial charge in [0.1, 0.15) is 11.4 Å². The molecule has 23 heavy (non-hydrogen) atoms. The normalized spacial score (nSPS) is 12.0. The molecule has 7 heteroatoms. The molecule has 0 saturated heterocycles. The molecule has 0 unspecified atom stereocenters. The molecule has 2 aromatic rings. The van der Waals surface area contributed by atoms with Crippen LogP contribution < -0.4 is 5.32 Å². The molecule has 0 spiro atoms. The van der Waals surface area contributed by atoms with Crippen LogP contribution in [0.2, 0.25) is 0 Å². The Labute approximate surface area is 133 Å².